The van der Waals surface area contributed by atoms with Crippen LogP contribution in [0.4, 0.5) is 26.3 Å². The van der Waals surface area contributed by atoms with Gasteiger partial charge in [0.25, 0.3) is 0 Å². The molecule has 3 aromatic rings. The number of benzene rings is 3. The average Bonchev–Trinajstić information content (AvgIpc) is 2.96. The lowest BCUT2D eigenvalue weighted by Gasteiger charge is -2.32. The molecule has 1 nitrogen and oxygen atoms in total. The van der Waals surface area contributed by atoms with Gasteiger partial charge in [0.1, 0.15) is 11.6 Å². The summed E-state index contributed by atoms with van der Waals surface area (Å²) in [7, 11) is 0. The fourth-order valence-corrected chi connectivity index (χ4v) is 6.78. The van der Waals surface area contributed by atoms with E-state index in [-0.39, 0.29) is 28.7 Å². The third-order valence-electron chi connectivity index (χ3n) is 8.98. The Balaban J connectivity index is 1.22. The van der Waals surface area contributed by atoms with Crippen LogP contribution in [0.5, 0.6) is 5.75 Å². The third kappa shape index (κ3) is 6.92. The maximum Gasteiger partial charge on any atom is 0.573 e. The molecule has 0 N–H and O–H groups in total. The molecule has 1 atom stereocenters. The zero-order chi connectivity index (χ0) is 29.1. The van der Waals surface area contributed by atoms with Crippen molar-refractivity contribution >= 4 is 0 Å². The SMILES string of the molecule is CCCc1ccc(CCC2CCc3c(F)c(C4CCC(c5ccc(OC(F)(F)F)cc5)CC4)c(F)c(F)c3C2)cc1. The van der Waals surface area contributed by atoms with Crippen molar-refractivity contribution in [2.75, 3.05) is 0 Å². The number of ether oxygens (including phenoxy) is 1. The molecule has 0 bridgehead atoms. The predicted molar refractivity (Wildman–Crippen MR) is 148 cm³/mol. The monoisotopic (exact) mass is 574 g/mol. The van der Waals surface area contributed by atoms with E-state index in [0.29, 0.717) is 44.1 Å². The molecule has 3 aromatic carbocycles. The topological polar surface area (TPSA) is 9.23 Å². The van der Waals surface area contributed by atoms with E-state index in [4.69, 9.17) is 0 Å². The quantitative estimate of drug-likeness (QED) is 0.192. The molecular weight excluding hydrogens is 538 g/mol. The van der Waals surface area contributed by atoms with Gasteiger partial charge in [-0.2, -0.15) is 0 Å². The largest absolute Gasteiger partial charge is 0.573 e. The number of hydrogen-bond donors (Lipinski definition) is 0. The van der Waals surface area contributed by atoms with Gasteiger partial charge in [0.15, 0.2) is 11.6 Å². The first kappa shape index (κ1) is 29.5. The molecule has 0 saturated heterocycles. The summed E-state index contributed by atoms with van der Waals surface area (Å²) in [5.41, 5.74) is 3.81. The van der Waals surface area contributed by atoms with Gasteiger partial charge < -0.3 is 4.74 Å². The number of fused-ring (bicyclic) bond motifs is 1. The standard InChI is InChI=1S/C34H36F6O/c1-2-3-21-4-6-22(7-5-21)8-9-23-10-19-28-29(20-23)32(36)33(37)30(31(28)35)26-13-11-24(12-14-26)25-15-17-27(18-16-25)41-34(38,39)40/h4-7,15-18,23-24,26H,2-3,8-14,19-20H2,1H3. The van der Waals surface area contributed by atoms with E-state index < -0.39 is 29.7 Å². The van der Waals surface area contributed by atoms with Crippen LogP contribution >= 0.6 is 0 Å². The molecule has 220 valence electrons. The maximum absolute atomic E-state index is 15.7. The van der Waals surface area contributed by atoms with Gasteiger partial charge in [-0.1, -0.05) is 49.7 Å². The van der Waals surface area contributed by atoms with Gasteiger partial charge in [0.05, 0.1) is 0 Å². The Kier molecular flexibility index (Phi) is 9.00. The summed E-state index contributed by atoms with van der Waals surface area (Å²) < 4.78 is 87.8. The van der Waals surface area contributed by atoms with Crippen molar-refractivity contribution in [3.63, 3.8) is 0 Å². The van der Waals surface area contributed by atoms with E-state index in [1.165, 1.54) is 23.3 Å². The Morgan fingerprint density at radius 1 is 0.707 bits per heavy atom. The molecule has 1 fully saturated rings. The summed E-state index contributed by atoms with van der Waals surface area (Å²) >= 11 is 0. The minimum absolute atomic E-state index is 0.0587. The molecule has 1 unspecified atom stereocenters. The summed E-state index contributed by atoms with van der Waals surface area (Å²) in [6, 6.07) is 14.3. The minimum atomic E-state index is -4.75. The summed E-state index contributed by atoms with van der Waals surface area (Å²) in [5.74, 6) is -3.00. The van der Waals surface area contributed by atoms with Crippen LogP contribution in [0.15, 0.2) is 48.5 Å². The molecule has 0 radical (unpaired) electrons. The van der Waals surface area contributed by atoms with Crippen LogP contribution in [-0.4, -0.2) is 6.36 Å². The highest BCUT2D eigenvalue weighted by molar-refractivity contribution is 5.41. The average molecular weight is 575 g/mol. The van der Waals surface area contributed by atoms with Crippen molar-refractivity contribution in [3.8, 4) is 5.75 Å². The van der Waals surface area contributed by atoms with Crippen molar-refractivity contribution in [1.29, 1.82) is 0 Å². The molecule has 2 aliphatic rings. The lowest BCUT2D eigenvalue weighted by Crippen LogP contribution is -2.22. The van der Waals surface area contributed by atoms with E-state index in [1.807, 2.05) is 0 Å². The van der Waals surface area contributed by atoms with Gasteiger partial charge in [-0.05, 0) is 122 Å². The number of aryl methyl sites for hydroxylation is 2. The van der Waals surface area contributed by atoms with Crippen LogP contribution in [0.1, 0.15) is 97.1 Å². The second-order valence-electron chi connectivity index (χ2n) is 11.7. The first-order valence-corrected chi connectivity index (χ1v) is 14.7. The van der Waals surface area contributed by atoms with Gasteiger partial charge in [0.2, 0.25) is 0 Å². The van der Waals surface area contributed by atoms with Crippen LogP contribution in [0, 0.1) is 23.4 Å². The smallest absolute Gasteiger partial charge is 0.406 e. The zero-order valence-corrected chi connectivity index (χ0v) is 23.3. The molecule has 1 saturated carbocycles. The summed E-state index contributed by atoms with van der Waals surface area (Å²) in [6.07, 6.45) is 2.82. The van der Waals surface area contributed by atoms with Crippen LogP contribution < -0.4 is 4.74 Å². The van der Waals surface area contributed by atoms with Gasteiger partial charge >= 0.3 is 6.36 Å². The Morgan fingerprint density at radius 3 is 1.93 bits per heavy atom. The molecule has 0 spiro atoms. The lowest BCUT2D eigenvalue weighted by molar-refractivity contribution is -0.274. The van der Waals surface area contributed by atoms with Crippen molar-refractivity contribution in [2.24, 2.45) is 5.92 Å². The predicted octanol–water partition coefficient (Wildman–Crippen LogP) is 10.1. The molecule has 0 heterocycles. The van der Waals surface area contributed by atoms with Gasteiger partial charge in [0, 0.05) is 5.56 Å². The summed E-state index contributed by atoms with van der Waals surface area (Å²) in [5, 5.41) is 0. The zero-order valence-electron chi connectivity index (χ0n) is 23.3. The van der Waals surface area contributed by atoms with E-state index in [1.54, 1.807) is 12.1 Å². The second kappa shape index (κ2) is 12.5. The van der Waals surface area contributed by atoms with Crippen LogP contribution in [0.3, 0.4) is 0 Å². The third-order valence-corrected chi connectivity index (χ3v) is 8.98. The van der Waals surface area contributed by atoms with Gasteiger partial charge in [-0.3, -0.25) is 0 Å². The van der Waals surface area contributed by atoms with Crippen molar-refractivity contribution in [3.05, 3.63) is 99.4 Å². The summed E-state index contributed by atoms with van der Waals surface area (Å²) in [4.78, 5) is 0. The first-order chi connectivity index (χ1) is 19.6. The van der Waals surface area contributed by atoms with E-state index in [9.17, 15) is 13.2 Å². The minimum Gasteiger partial charge on any atom is -0.406 e. The Bertz CT molecular complexity index is 1320. The second-order valence-corrected chi connectivity index (χ2v) is 11.7. The van der Waals surface area contributed by atoms with Crippen molar-refractivity contribution in [2.45, 2.75) is 95.8 Å². The van der Waals surface area contributed by atoms with Crippen LogP contribution in [-0.2, 0) is 25.7 Å². The van der Waals surface area contributed by atoms with Crippen molar-refractivity contribution in [1.82, 2.24) is 0 Å². The highest BCUT2D eigenvalue weighted by Gasteiger charge is 2.35. The molecule has 41 heavy (non-hydrogen) atoms. The fraction of sp³-hybridized carbons (Fsp3) is 0.471. The molecule has 2 aliphatic carbocycles. The maximum atomic E-state index is 15.7. The van der Waals surface area contributed by atoms with Gasteiger partial charge in [-0.15, -0.1) is 13.2 Å². The number of rotatable bonds is 8. The molecule has 0 aromatic heterocycles. The molecule has 0 amide bonds. The Hall–Kier alpha value is -2.96. The molecule has 7 heteroatoms. The van der Waals surface area contributed by atoms with Gasteiger partial charge in [-0.25, -0.2) is 13.2 Å². The fourth-order valence-electron chi connectivity index (χ4n) is 6.78. The number of halogens is 6. The van der Waals surface area contributed by atoms with Crippen LogP contribution in [0.25, 0.3) is 0 Å². The highest BCUT2D eigenvalue weighted by atomic mass is 19.4. The Labute approximate surface area is 237 Å². The molecule has 5 rings (SSSR count). The Morgan fingerprint density at radius 2 is 1.32 bits per heavy atom. The van der Waals surface area contributed by atoms with Crippen LogP contribution in [0.2, 0.25) is 0 Å². The lowest BCUT2D eigenvalue weighted by atomic mass is 9.74. The number of alkyl halides is 3. The van der Waals surface area contributed by atoms with E-state index in [0.717, 1.165) is 37.7 Å². The molecular formula is C34H36F6O. The van der Waals surface area contributed by atoms with Crippen molar-refractivity contribution < 1.29 is 31.1 Å². The normalized spacial score (nSPS) is 21.0. The number of hydrogen-bond acceptors (Lipinski definition) is 1. The van der Waals surface area contributed by atoms with E-state index >= 15 is 13.2 Å². The first-order valence-electron chi connectivity index (χ1n) is 14.7. The summed E-state index contributed by atoms with van der Waals surface area (Å²) in [6.45, 7) is 2.15. The molecule has 0 aliphatic heterocycles. The highest BCUT2D eigenvalue weighted by Crippen LogP contribution is 2.45. The van der Waals surface area contributed by atoms with E-state index in [2.05, 4.69) is 35.9 Å².